The van der Waals surface area contributed by atoms with E-state index in [9.17, 15) is 8.42 Å². The maximum atomic E-state index is 12.8. The molecule has 8 heteroatoms. The minimum absolute atomic E-state index is 0.248. The minimum Gasteiger partial charge on any atom is -0.356 e. The van der Waals surface area contributed by atoms with Crippen molar-refractivity contribution >= 4 is 38.3 Å². The Bertz CT molecular complexity index is 1130. The molecule has 0 radical (unpaired) electrons. The molecule has 140 valence electrons. The number of benzene rings is 1. The van der Waals surface area contributed by atoms with Crippen molar-refractivity contribution in [1.82, 2.24) is 14.3 Å². The zero-order valence-corrected chi connectivity index (χ0v) is 16.2. The summed E-state index contributed by atoms with van der Waals surface area (Å²) in [5.74, 6) is 0.821. The van der Waals surface area contributed by atoms with Gasteiger partial charge in [-0.15, -0.1) is 0 Å². The molecular formula is C19H19ClN4O2S. The number of hydrogen-bond acceptors (Lipinski definition) is 4. The number of nitrogens with one attached hydrogen (secondary N) is 1. The monoisotopic (exact) mass is 402 g/mol. The minimum atomic E-state index is -3.48. The molecule has 0 atom stereocenters. The lowest BCUT2D eigenvalue weighted by Gasteiger charge is -2.34. The first-order valence-electron chi connectivity index (χ1n) is 9.06. The highest BCUT2D eigenvalue weighted by atomic mass is 35.5. The molecule has 27 heavy (non-hydrogen) atoms. The van der Waals surface area contributed by atoms with Crippen molar-refractivity contribution in [2.75, 3.05) is 31.1 Å². The second-order valence-corrected chi connectivity index (χ2v) is 9.43. The van der Waals surface area contributed by atoms with Crippen LogP contribution < -0.4 is 4.90 Å². The predicted octanol–water partition coefficient (Wildman–Crippen LogP) is 3.49. The lowest BCUT2D eigenvalue weighted by molar-refractivity contribution is 0.309. The van der Waals surface area contributed by atoms with Crippen molar-refractivity contribution in [3.63, 3.8) is 0 Å². The normalized spacial score (nSPS) is 17.7. The topological polar surface area (TPSA) is 69.3 Å². The van der Waals surface area contributed by atoms with Crippen molar-refractivity contribution in [3.05, 3.63) is 41.6 Å². The van der Waals surface area contributed by atoms with E-state index in [1.165, 1.54) is 10.5 Å². The van der Waals surface area contributed by atoms with Gasteiger partial charge in [-0.3, -0.25) is 0 Å². The molecule has 1 N–H and O–H groups in total. The zero-order chi connectivity index (χ0) is 18.6. The SMILES string of the molecule is O=S(=O)(c1cnc(N2CCC2)c(-c2cc3ccc(Cl)cc3[nH]2)c1)N1CCC1. The number of fused-ring (bicyclic) bond motifs is 1. The second kappa shape index (κ2) is 6.22. The van der Waals surface area contributed by atoms with E-state index in [0.29, 0.717) is 18.1 Å². The second-order valence-electron chi connectivity index (χ2n) is 7.06. The van der Waals surface area contributed by atoms with Gasteiger partial charge in [0.05, 0.1) is 5.69 Å². The van der Waals surface area contributed by atoms with Gasteiger partial charge in [0, 0.05) is 53.9 Å². The van der Waals surface area contributed by atoms with Crippen molar-refractivity contribution in [2.45, 2.75) is 17.7 Å². The van der Waals surface area contributed by atoms with Crippen LogP contribution in [0.4, 0.5) is 5.82 Å². The van der Waals surface area contributed by atoms with Crippen LogP contribution in [-0.4, -0.2) is 48.9 Å². The highest BCUT2D eigenvalue weighted by Crippen LogP contribution is 2.36. The van der Waals surface area contributed by atoms with E-state index >= 15 is 0 Å². The van der Waals surface area contributed by atoms with Crippen LogP contribution in [0.2, 0.25) is 5.02 Å². The van der Waals surface area contributed by atoms with Crippen LogP contribution in [0.3, 0.4) is 0 Å². The molecule has 2 aliphatic heterocycles. The van der Waals surface area contributed by atoms with Gasteiger partial charge in [0.1, 0.15) is 10.7 Å². The highest BCUT2D eigenvalue weighted by molar-refractivity contribution is 7.89. The Morgan fingerprint density at radius 2 is 1.81 bits per heavy atom. The third kappa shape index (κ3) is 2.81. The van der Waals surface area contributed by atoms with Crippen molar-refractivity contribution < 1.29 is 8.42 Å². The third-order valence-corrected chi connectivity index (χ3v) is 7.42. The van der Waals surface area contributed by atoms with Crippen molar-refractivity contribution in [1.29, 1.82) is 0 Å². The van der Waals surface area contributed by atoms with Gasteiger partial charge in [-0.25, -0.2) is 13.4 Å². The molecule has 0 unspecified atom stereocenters. The first kappa shape index (κ1) is 17.0. The molecular weight excluding hydrogens is 384 g/mol. The van der Waals surface area contributed by atoms with Crippen LogP contribution in [0.1, 0.15) is 12.8 Å². The van der Waals surface area contributed by atoms with E-state index in [0.717, 1.165) is 53.9 Å². The van der Waals surface area contributed by atoms with Gasteiger partial charge in [0.25, 0.3) is 0 Å². The first-order chi connectivity index (χ1) is 13.0. The van der Waals surface area contributed by atoms with Gasteiger partial charge in [-0.1, -0.05) is 17.7 Å². The summed E-state index contributed by atoms with van der Waals surface area (Å²) >= 11 is 6.10. The fraction of sp³-hybridized carbons (Fsp3) is 0.316. The third-order valence-electron chi connectivity index (χ3n) is 5.32. The van der Waals surface area contributed by atoms with E-state index < -0.39 is 10.0 Å². The van der Waals surface area contributed by atoms with E-state index in [1.807, 2.05) is 24.3 Å². The number of pyridine rings is 1. The summed E-state index contributed by atoms with van der Waals surface area (Å²) in [7, 11) is -3.48. The van der Waals surface area contributed by atoms with E-state index in [4.69, 9.17) is 11.6 Å². The molecule has 2 saturated heterocycles. The van der Waals surface area contributed by atoms with Crippen LogP contribution >= 0.6 is 11.6 Å². The van der Waals surface area contributed by atoms with Gasteiger partial charge in [-0.05, 0) is 37.1 Å². The fourth-order valence-corrected chi connectivity index (χ4v) is 5.14. The van der Waals surface area contributed by atoms with E-state index in [-0.39, 0.29) is 4.90 Å². The average Bonchev–Trinajstić information content (AvgIpc) is 2.94. The van der Waals surface area contributed by atoms with Gasteiger partial charge in [0.2, 0.25) is 10.0 Å². The number of rotatable bonds is 4. The maximum Gasteiger partial charge on any atom is 0.244 e. The zero-order valence-electron chi connectivity index (χ0n) is 14.7. The Morgan fingerprint density at radius 3 is 2.48 bits per heavy atom. The molecule has 0 saturated carbocycles. The predicted molar refractivity (Wildman–Crippen MR) is 107 cm³/mol. The Morgan fingerprint density at radius 1 is 1.04 bits per heavy atom. The van der Waals surface area contributed by atoms with E-state index in [1.54, 1.807) is 6.07 Å². The quantitative estimate of drug-likeness (QED) is 0.725. The molecule has 1 aromatic carbocycles. The van der Waals surface area contributed by atoms with Crippen molar-refractivity contribution in [2.24, 2.45) is 0 Å². The number of halogens is 1. The number of H-pyrrole nitrogens is 1. The van der Waals surface area contributed by atoms with Gasteiger partial charge in [-0.2, -0.15) is 4.31 Å². The van der Waals surface area contributed by atoms with Crippen LogP contribution in [-0.2, 0) is 10.0 Å². The smallest absolute Gasteiger partial charge is 0.244 e. The first-order valence-corrected chi connectivity index (χ1v) is 10.9. The number of aromatic amines is 1. The summed E-state index contributed by atoms with van der Waals surface area (Å²) in [4.78, 5) is 10.3. The molecule has 0 aliphatic carbocycles. The van der Waals surface area contributed by atoms with Gasteiger partial charge >= 0.3 is 0 Å². The molecule has 5 rings (SSSR count). The van der Waals surface area contributed by atoms with Crippen LogP contribution in [0.5, 0.6) is 0 Å². The number of nitrogens with zero attached hydrogens (tertiary/aromatic N) is 3. The Labute approximate surface area is 162 Å². The standard InChI is InChI=1S/C19H19ClN4O2S/c20-14-4-3-13-9-18(22-17(13)10-14)16-11-15(27(25,26)24-7-2-8-24)12-21-19(16)23-5-1-6-23/h3-4,9-12,22H,1-2,5-8H2. The largest absolute Gasteiger partial charge is 0.356 e. The fourth-order valence-electron chi connectivity index (χ4n) is 3.48. The molecule has 3 aromatic rings. The molecule has 0 spiro atoms. The maximum absolute atomic E-state index is 12.8. The van der Waals surface area contributed by atoms with Crippen molar-refractivity contribution in [3.8, 4) is 11.3 Å². The lowest BCUT2D eigenvalue weighted by atomic mass is 10.1. The highest BCUT2D eigenvalue weighted by Gasteiger charge is 2.31. The number of aromatic nitrogens is 2. The van der Waals surface area contributed by atoms with E-state index in [2.05, 4.69) is 14.9 Å². The Balaban J connectivity index is 1.66. The summed E-state index contributed by atoms with van der Waals surface area (Å²) in [6.45, 7) is 3.03. The molecule has 4 heterocycles. The van der Waals surface area contributed by atoms with Gasteiger partial charge < -0.3 is 9.88 Å². The molecule has 2 aliphatic rings. The molecule has 0 bridgehead atoms. The number of anilines is 1. The summed E-state index contributed by atoms with van der Waals surface area (Å²) in [5, 5.41) is 1.69. The summed E-state index contributed by atoms with van der Waals surface area (Å²) < 4.78 is 27.2. The number of sulfonamides is 1. The summed E-state index contributed by atoms with van der Waals surface area (Å²) in [6, 6.07) is 9.44. The lowest BCUT2D eigenvalue weighted by Crippen LogP contribution is -2.42. The Hall–Kier alpha value is -2.09. The molecule has 2 aromatic heterocycles. The summed E-state index contributed by atoms with van der Waals surface area (Å²) in [6.07, 6.45) is 3.52. The molecule has 6 nitrogen and oxygen atoms in total. The van der Waals surface area contributed by atoms with Crippen LogP contribution in [0, 0.1) is 0 Å². The van der Waals surface area contributed by atoms with Gasteiger partial charge in [0.15, 0.2) is 0 Å². The van der Waals surface area contributed by atoms with Crippen LogP contribution in [0.15, 0.2) is 41.4 Å². The Kier molecular flexibility index (Phi) is 3.93. The molecule has 0 amide bonds. The molecule has 2 fully saturated rings. The summed E-state index contributed by atoms with van der Waals surface area (Å²) in [5.41, 5.74) is 2.58. The number of hydrogen-bond donors (Lipinski definition) is 1. The average molecular weight is 403 g/mol. The van der Waals surface area contributed by atoms with Crippen LogP contribution in [0.25, 0.3) is 22.2 Å².